The molecule has 0 heterocycles. The summed E-state index contributed by atoms with van der Waals surface area (Å²) >= 11 is 1.86. The van der Waals surface area contributed by atoms with Gasteiger partial charge in [-0.05, 0) is 26.1 Å². The van der Waals surface area contributed by atoms with Crippen molar-refractivity contribution in [1.29, 1.82) is 0 Å². The normalized spacial score (nSPS) is 16.4. The third-order valence-electron chi connectivity index (χ3n) is 1.57. The average Bonchev–Trinajstić information content (AvgIpc) is 1.97. The van der Waals surface area contributed by atoms with Crippen LogP contribution in [0.2, 0.25) is 0 Å². The van der Waals surface area contributed by atoms with E-state index in [2.05, 4.69) is 18.5 Å². The molecule has 0 rings (SSSR count). The van der Waals surface area contributed by atoms with Crippen molar-refractivity contribution in [2.45, 2.75) is 31.6 Å². The van der Waals surface area contributed by atoms with E-state index in [0.29, 0.717) is 5.25 Å². The van der Waals surface area contributed by atoms with Crippen LogP contribution in [0, 0.1) is 0 Å². The van der Waals surface area contributed by atoms with Crippen molar-refractivity contribution < 1.29 is 5.11 Å². The van der Waals surface area contributed by atoms with E-state index in [1.807, 2.05) is 18.7 Å². The highest BCUT2D eigenvalue weighted by atomic mass is 32.2. The fourth-order valence-electron chi connectivity index (χ4n) is 0.700. The van der Waals surface area contributed by atoms with Gasteiger partial charge in [-0.25, -0.2) is 0 Å². The maximum absolute atomic E-state index is 8.93. The second-order valence-electron chi connectivity index (χ2n) is 2.89. The standard InChI is InChI=1S/C8H19NOS/c1-7(10)4-5-9-6-8(2)11-3/h7-10H,4-6H2,1-3H3. The molecule has 0 radical (unpaired) electrons. The number of nitrogens with one attached hydrogen (secondary N) is 1. The third-order valence-corrected chi connectivity index (χ3v) is 2.54. The van der Waals surface area contributed by atoms with Gasteiger partial charge in [-0.15, -0.1) is 0 Å². The number of hydrogen-bond acceptors (Lipinski definition) is 3. The summed E-state index contributed by atoms with van der Waals surface area (Å²) in [5, 5.41) is 12.9. The summed E-state index contributed by atoms with van der Waals surface area (Å²) in [5.74, 6) is 0. The van der Waals surface area contributed by atoms with E-state index < -0.39 is 0 Å². The Morgan fingerprint density at radius 3 is 2.55 bits per heavy atom. The van der Waals surface area contributed by atoms with Gasteiger partial charge in [0.1, 0.15) is 0 Å². The van der Waals surface area contributed by atoms with Crippen LogP contribution in [0.1, 0.15) is 20.3 Å². The molecule has 0 bridgehead atoms. The van der Waals surface area contributed by atoms with Crippen molar-refractivity contribution in [2.75, 3.05) is 19.3 Å². The van der Waals surface area contributed by atoms with Gasteiger partial charge in [0.15, 0.2) is 0 Å². The topological polar surface area (TPSA) is 32.3 Å². The lowest BCUT2D eigenvalue weighted by molar-refractivity contribution is 0.184. The van der Waals surface area contributed by atoms with Crippen LogP contribution in [0.5, 0.6) is 0 Å². The molecule has 0 saturated heterocycles. The van der Waals surface area contributed by atoms with E-state index in [0.717, 1.165) is 19.5 Å². The van der Waals surface area contributed by atoms with E-state index >= 15 is 0 Å². The fourth-order valence-corrected chi connectivity index (χ4v) is 0.984. The molecule has 0 amide bonds. The lowest BCUT2D eigenvalue weighted by Crippen LogP contribution is -2.25. The van der Waals surface area contributed by atoms with Gasteiger partial charge in [-0.2, -0.15) is 11.8 Å². The van der Waals surface area contributed by atoms with Gasteiger partial charge in [-0.1, -0.05) is 6.92 Å². The Balaban J connectivity index is 3.01. The van der Waals surface area contributed by atoms with Crippen LogP contribution >= 0.6 is 11.8 Å². The summed E-state index contributed by atoms with van der Waals surface area (Å²) in [6.07, 6.45) is 2.79. The first-order valence-electron chi connectivity index (χ1n) is 4.08. The molecule has 0 aliphatic rings. The Hall–Kier alpha value is 0.270. The van der Waals surface area contributed by atoms with Crippen LogP contribution in [-0.4, -0.2) is 35.8 Å². The molecule has 0 aliphatic heterocycles. The van der Waals surface area contributed by atoms with Gasteiger partial charge < -0.3 is 10.4 Å². The van der Waals surface area contributed by atoms with Crippen LogP contribution in [0.3, 0.4) is 0 Å². The molecule has 0 aromatic heterocycles. The van der Waals surface area contributed by atoms with Crippen LogP contribution in [-0.2, 0) is 0 Å². The Morgan fingerprint density at radius 1 is 1.45 bits per heavy atom. The first kappa shape index (κ1) is 11.3. The van der Waals surface area contributed by atoms with Gasteiger partial charge in [0.25, 0.3) is 0 Å². The van der Waals surface area contributed by atoms with E-state index in [4.69, 9.17) is 5.11 Å². The number of aliphatic hydroxyl groups is 1. The van der Waals surface area contributed by atoms with Gasteiger partial charge >= 0.3 is 0 Å². The minimum absolute atomic E-state index is 0.174. The Labute approximate surface area is 73.8 Å². The first-order chi connectivity index (χ1) is 5.16. The molecule has 0 saturated carbocycles. The quantitative estimate of drug-likeness (QED) is 0.596. The third kappa shape index (κ3) is 8.17. The molecule has 2 unspecified atom stereocenters. The smallest absolute Gasteiger partial charge is 0.0524 e. The molecule has 68 valence electrons. The van der Waals surface area contributed by atoms with Gasteiger partial charge in [0, 0.05) is 11.8 Å². The number of aliphatic hydroxyl groups excluding tert-OH is 1. The van der Waals surface area contributed by atoms with Gasteiger partial charge in [-0.3, -0.25) is 0 Å². The Morgan fingerprint density at radius 2 is 2.09 bits per heavy atom. The van der Waals surface area contributed by atoms with Crippen molar-refractivity contribution in [3.8, 4) is 0 Å². The molecule has 2 N–H and O–H groups in total. The molecule has 0 aliphatic carbocycles. The van der Waals surface area contributed by atoms with Crippen molar-refractivity contribution in [1.82, 2.24) is 5.32 Å². The summed E-state index contributed by atoms with van der Waals surface area (Å²) < 4.78 is 0. The predicted molar refractivity (Wildman–Crippen MR) is 52.1 cm³/mol. The van der Waals surface area contributed by atoms with E-state index in [1.165, 1.54) is 0 Å². The molecule has 0 spiro atoms. The summed E-state index contributed by atoms with van der Waals surface area (Å²) in [6.45, 7) is 5.97. The first-order valence-corrected chi connectivity index (χ1v) is 5.37. The average molecular weight is 177 g/mol. The number of rotatable bonds is 6. The lowest BCUT2D eigenvalue weighted by atomic mass is 10.3. The highest BCUT2D eigenvalue weighted by molar-refractivity contribution is 7.99. The van der Waals surface area contributed by atoms with Crippen molar-refractivity contribution in [2.24, 2.45) is 0 Å². The SMILES string of the molecule is CSC(C)CNCCC(C)O. The van der Waals surface area contributed by atoms with Crippen molar-refractivity contribution in [3.05, 3.63) is 0 Å². The molecule has 3 heteroatoms. The van der Waals surface area contributed by atoms with Crippen LogP contribution in [0.15, 0.2) is 0 Å². The van der Waals surface area contributed by atoms with Gasteiger partial charge in [0.2, 0.25) is 0 Å². The summed E-state index contributed by atoms with van der Waals surface area (Å²) in [4.78, 5) is 0. The van der Waals surface area contributed by atoms with Crippen LogP contribution < -0.4 is 5.32 Å². The molecule has 2 atom stereocenters. The zero-order valence-corrected chi connectivity index (χ0v) is 8.45. The molecule has 2 nitrogen and oxygen atoms in total. The second kappa shape index (κ2) is 6.95. The predicted octanol–water partition coefficient (Wildman–Crippen LogP) is 1.10. The fraction of sp³-hybridized carbons (Fsp3) is 1.00. The molecule has 0 fully saturated rings. The van der Waals surface area contributed by atoms with Crippen LogP contribution in [0.25, 0.3) is 0 Å². The molecule has 0 aromatic rings. The van der Waals surface area contributed by atoms with Gasteiger partial charge in [0.05, 0.1) is 6.10 Å². The summed E-state index contributed by atoms with van der Waals surface area (Å²) in [5.41, 5.74) is 0. The zero-order valence-electron chi connectivity index (χ0n) is 7.63. The maximum atomic E-state index is 8.93. The largest absolute Gasteiger partial charge is 0.393 e. The van der Waals surface area contributed by atoms with Crippen LogP contribution in [0.4, 0.5) is 0 Å². The highest BCUT2D eigenvalue weighted by Crippen LogP contribution is 2.02. The molecular weight excluding hydrogens is 158 g/mol. The molecule has 0 aromatic carbocycles. The second-order valence-corrected chi connectivity index (χ2v) is 4.16. The van der Waals surface area contributed by atoms with E-state index in [-0.39, 0.29) is 6.10 Å². The highest BCUT2D eigenvalue weighted by Gasteiger charge is 1.98. The summed E-state index contributed by atoms with van der Waals surface area (Å²) in [7, 11) is 0. The van der Waals surface area contributed by atoms with Crippen molar-refractivity contribution in [3.63, 3.8) is 0 Å². The number of hydrogen-bond donors (Lipinski definition) is 2. The number of thioether (sulfide) groups is 1. The molecular formula is C8H19NOS. The monoisotopic (exact) mass is 177 g/mol. The van der Waals surface area contributed by atoms with E-state index in [1.54, 1.807) is 0 Å². The summed E-state index contributed by atoms with van der Waals surface area (Å²) in [6, 6.07) is 0. The maximum Gasteiger partial charge on any atom is 0.0524 e. The Kier molecular flexibility index (Phi) is 7.12. The minimum Gasteiger partial charge on any atom is -0.393 e. The van der Waals surface area contributed by atoms with E-state index in [9.17, 15) is 0 Å². The lowest BCUT2D eigenvalue weighted by Gasteiger charge is -2.10. The molecule has 11 heavy (non-hydrogen) atoms. The Bertz CT molecular complexity index is 88.2. The van der Waals surface area contributed by atoms with Crippen molar-refractivity contribution >= 4 is 11.8 Å². The minimum atomic E-state index is -0.174. The zero-order chi connectivity index (χ0) is 8.69.